The molecule has 2 atom stereocenters. The van der Waals surface area contributed by atoms with Gasteiger partial charge in [0.05, 0.1) is 23.9 Å². The van der Waals surface area contributed by atoms with Crippen molar-refractivity contribution in [2.75, 3.05) is 12.8 Å². The van der Waals surface area contributed by atoms with E-state index in [1.54, 1.807) is 24.3 Å². The van der Waals surface area contributed by atoms with Crippen LogP contribution in [0, 0.1) is 11.3 Å². The largest absolute Gasteiger partial charge is 0.348 e. The van der Waals surface area contributed by atoms with Crippen LogP contribution < -0.4 is 5.32 Å². The van der Waals surface area contributed by atoms with E-state index in [0.717, 1.165) is 24.7 Å². The number of amides is 1. The highest BCUT2D eigenvalue weighted by Crippen LogP contribution is 2.21. The summed E-state index contributed by atoms with van der Waals surface area (Å²) >= 11 is 0. The van der Waals surface area contributed by atoms with Gasteiger partial charge in [-0.1, -0.05) is 18.6 Å². The quantitative estimate of drug-likeness (QED) is 0.904. The first-order valence-corrected chi connectivity index (χ1v) is 9.45. The highest BCUT2D eigenvalue weighted by molar-refractivity contribution is 7.88. The summed E-state index contributed by atoms with van der Waals surface area (Å²) in [6, 6.07) is 8.13. The maximum absolute atomic E-state index is 12.5. The number of sulfonamides is 1. The molecular weight excluding hydrogens is 314 g/mol. The summed E-state index contributed by atoms with van der Waals surface area (Å²) in [7, 11) is -3.39. The number of benzene rings is 1. The van der Waals surface area contributed by atoms with Gasteiger partial charge in [0.1, 0.15) is 6.04 Å². The Morgan fingerprint density at radius 3 is 2.57 bits per heavy atom. The summed E-state index contributed by atoms with van der Waals surface area (Å²) < 4.78 is 25.0. The molecule has 7 heteroatoms. The number of nitrogens with zero attached hydrogens (tertiary/aromatic N) is 2. The molecule has 0 radical (unpaired) electrons. The number of nitriles is 1. The number of rotatable bonds is 4. The second-order valence-corrected chi connectivity index (χ2v) is 7.78. The number of nitrogens with one attached hydrogen (secondary N) is 1. The van der Waals surface area contributed by atoms with Crippen molar-refractivity contribution < 1.29 is 13.2 Å². The molecule has 124 valence electrons. The van der Waals surface area contributed by atoms with Gasteiger partial charge in [-0.2, -0.15) is 9.57 Å². The molecule has 1 fully saturated rings. The van der Waals surface area contributed by atoms with Crippen molar-refractivity contribution in [1.29, 1.82) is 5.26 Å². The summed E-state index contributed by atoms with van der Waals surface area (Å²) in [6.45, 7) is 2.23. The zero-order valence-electron chi connectivity index (χ0n) is 13.3. The van der Waals surface area contributed by atoms with Crippen molar-refractivity contribution in [1.82, 2.24) is 9.62 Å². The summed E-state index contributed by atoms with van der Waals surface area (Å²) in [5.74, 6) is -0.271. The first-order chi connectivity index (χ1) is 10.8. The smallest absolute Gasteiger partial charge is 0.238 e. The van der Waals surface area contributed by atoms with Crippen LogP contribution in [0.2, 0.25) is 0 Å². The second kappa shape index (κ2) is 7.11. The zero-order valence-corrected chi connectivity index (χ0v) is 14.1. The lowest BCUT2D eigenvalue weighted by Crippen LogP contribution is -2.51. The first-order valence-electron chi connectivity index (χ1n) is 7.60. The molecule has 0 spiro atoms. The highest BCUT2D eigenvalue weighted by Gasteiger charge is 2.34. The van der Waals surface area contributed by atoms with Crippen LogP contribution >= 0.6 is 0 Å². The van der Waals surface area contributed by atoms with Gasteiger partial charge in [-0.05, 0) is 37.5 Å². The van der Waals surface area contributed by atoms with E-state index in [9.17, 15) is 13.2 Å². The SMILES string of the molecule is C[C@H](NC(=O)[C@H]1CCCCN1S(C)(=O)=O)c1ccc(C#N)cc1. The Hall–Kier alpha value is -1.91. The molecule has 1 aromatic carbocycles. The summed E-state index contributed by atoms with van der Waals surface area (Å²) in [5, 5.41) is 11.7. The standard InChI is InChI=1S/C16H21N3O3S/c1-12(14-8-6-13(11-17)7-9-14)18-16(20)15-5-3-4-10-19(15)23(2,21)22/h6-9,12,15H,3-5,10H2,1-2H3,(H,18,20)/t12-,15+/m0/s1. The van der Waals surface area contributed by atoms with Gasteiger partial charge in [-0.25, -0.2) is 8.42 Å². The fourth-order valence-electron chi connectivity index (χ4n) is 2.80. The van der Waals surface area contributed by atoms with Crippen molar-refractivity contribution in [3.63, 3.8) is 0 Å². The number of hydrogen-bond donors (Lipinski definition) is 1. The number of carbonyl (C=O) groups is 1. The van der Waals surface area contributed by atoms with Crippen LogP contribution in [-0.4, -0.2) is 37.5 Å². The van der Waals surface area contributed by atoms with Crippen molar-refractivity contribution in [2.24, 2.45) is 0 Å². The molecule has 0 saturated carbocycles. The molecule has 1 aliphatic rings. The van der Waals surface area contributed by atoms with E-state index in [1.165, 1.54) is 4.31 Å². The molecule has 1 amide bonds. The third-order valence-corrected chi connectivity index (χ3v) is 5.37. The van der Waals surface area contributed by atoms with Crippen molar-refractivity contribution in [2.45, 2.75) is 38.3 Å². The van der Waals surface area contributed by atoms with Gasteiger partial charge in [-0.3, -0.25) is 4.79 Å². The third-order valence-electron chi connectivity index (χ3n) is 4.08. The van der Waals surface area contributed by atoms with Crippen molar-refractivity contribution in [3.8, 4) is 6.07 Å². The predicted molar refractivity (Wildman–Crippen MR) is 86.9 cm³/mol. The van der Waals surface area contributed by atoms with Crippen LogP contribution in [0.5, 0.6) is 0 Å². The maximum Gasteiger partial charge on any atom is 0.238 e. The molecule has 1 N–H and O–H groups in total. The summed E-state index contributed by atoms with van der Waals surface area (Å²) in [5.41, 5.74) is 1.43. The molecular formula is C16H21N3O3S. The fourth-order valence-corrected chi connectivity index (χ4v) is 3.93. The normalized spacial score (nSPS) is 20.5. The Kier molecular flexibility index (Phi) is 5.39. The highest BCUT2D eigenvalue weighted by atomic mass is 32.2. The molecule has 1 heterocycles. The van der Waals surface area contributed by atoms with Crippen molar-refractivity contribution in [3.05, 3.63) is 35.4 Å². The topological polar surface area (TPSA) is 90.3 Å². The lowest BCUT2D eigenvalue weighted by atomic mass is 10.0. The van der Waals surface area contributed by atoms with Crippen molar-refractivity contribution >= 4 is 15.9 Å². The van der Waals surface area contributed by atoms with Crippen LogP contribution in [-0.2, 0) is 14.8 Å². The average Bonchev–Trinajstić information content (AvgIpc) is 2.54. The molecule has 2 rings (SSSR count). The molecule has 0 aromatic heterocycles. The Labute approximate surface area is 137 Å². The minimum absolute atomic E-state index is 0.251. The first kappa shape index (κ1) is 17.4. The van der Waals surface area contributed by atoms with Gasteiger partial charge >= 0.3 is 0 Å². The number of carbonyl (C=O) groups excluding carboxylic acids is 1. The van der Waals surface area contributed by atoms with E-state index in [1.807, 2.05) is 13.0 Å². The predicted octanol–water partition coefficient (Wildman–Crippen LogP) is 1.55. The Bertz CT molecular complexity index is 707. The monoisotopic (exact) mass is 335 g/mol. The van der Waals surface area contributed by atoms with Gasteiger partial charge in [0, 0.05) is 6.54 Å². The molecule has 0 unspecified atom stereocenters. The minimum Gasteiger partial charge on any atom is -0.348 e. The number of hydrogen-bond acceptors (Lipinski definition) is 4. The zero-order chi connectivity index (χ0) is 17.0. The van der Waals surface area contributed by atoms with Gasteiger partial charge in [0.15, 0.2) is 0 Å². The Morgan fingerprint density at radius 1 is 1.35 bits per heavy atom. The molecule has 1 aliphatic heterocycles. The Morgan fingerprint density at radius 2 is 2.00 bits per heavy atom. The van der Waals surface area contributed by atoms with Gasteiger partial charge in [0.25, 0.3) is 0 Å². The van der Waals surface area contributed by atoms with Crippen LogP contribution in [0.1, 0.15) is 43.4 Å². The summed E-state index contributed by atoms with van der Waals surface area (Å²) in [4.78, 5) is 12.5. The molecule has 1 aromatic rings. The van der Waals surface area contributed by atoms with Gasteiger partial charge < -0.3 is 5.32 Å². The Balaban J connectivity index is 2.08. The lowest BCUT2D eigenvalue weighted by Gasteiger charge is -2.33. The number of piperidine rings is 1. The fraction of sp³-hybridized carbons (Fsp3) is 0.500. The maximum atomic E-state index is 12.5. The third kappa shape index (κ3) is 4.30. The van der Waals surface area contributed by atoms with Gasteiger partial charge in [-0.15, -0.1) is 0 Å². The molecule has 6 nitrogen and oxygen atoms in total. The van der Waals surface area contributed by atoms with E-state index < -0.39 is 16.1 Å². The molecule has 0 bridgehead atoms. The lowest BCUT2D eigenvalue weighted by molar-refractivity contribution is -0.126. The van der Waals surface area contributed by atoms with Crippen LogP contribution in [0.4, 0.5) is 0 Å². The van der Waals surface area contributed by atoms with Crippen LogP contribution in [0.15, 0.2) is 24.3 Å². The van der Waals surface area contributed by atoms with Gasteiger partial charge in [0.2, 0.25) is 15.9 Å². The van der Waals surface area contributed by atoms with E-state index in [2.05, 4.69) is 5.32 Å². The van der Waals surface area contributed by atoms with E-state index >= 15 is 0 Å². The molecule has 0 aliphatic carbocycles. The summed E-state index contributed by atoms with van der Waals surface area (Å²) in [6.07, 6.45) is 3.30. The average molecular weight is 335 g/mol. The van der Waals surface area contributed by atoms with Crippen LogP contribution in [0.3, 0.4) is 0 Å². The van der Waals surface area contributed by atoms with Crippen LogP contribution in [0.25, 0.3) is 0 Å². The minimum atomic E-state index is -3.39. The van der Waals surface area contributed by atoms with E-state index in [-0.39, 0.29) is 11.9 Å². The van der Waals surface area contributed by atoms with E-state index in [0.29, 0.717) is 18.5 Å². The molecule has 23 heavy (non-hydrogen) atoms. The van der Waals surface area contributed by atoms with E-state index in [4.69, 9.17) is 5.26 Å². The second-order valence-electron chi connectivity index (χ2n) is 5.85. The molecule has 1 saturated heterocycles.